The minimum atomic E-state index is -0.797. The number of carbonyl (C=O) groups excluding carboxylic acids is 1. The van der Waals surface area contributed by atoms with Gasteiger partial charge in [0.15, 0.2) is 0 Å². The van der Waals surface area contributed by atoms with E-state index in [9.17, 15) is 9.90 Å². The normalized spacial score (nSPS) is 19.7. The monoisotopic (exact) mass is 243 g/mol. The Balaban J connectivity index is 2.20. The van der Waals surface area contributed by atoms with Crippen molar-refractivity contribution in [3.8, 4) is 0 Å². The average molecular weight is 243 g/mol. The van der Waals surface area contributed by atoms with Crippen molar-refractivity contribution in [3.63, 3.8) is 0 Å². The predicted octanol–water partition coefficient (Wildman–Crippen LogP) is -0.489. The van der Waals surface area contributed by atoms with Crippen LogP contribution in [0.15, 0.2) is 0 Å². The molecule has 1 heterocycles. The smallest absolute Gasteiger partial charge is 0.236 e. The molecule has 0 aliphatic carbocycles. The van der Waals surface area contributed by atoms with E-state index >= 15 is 0 Å². The molecule has 1 saturated heterocycles. The molecule has 1 aliphatic heterocycles. The number of likely N-dealkylation sites (N-methyl/N-ethyl adjacent to an activating group) is 1. The third-order valence-electron chi connectivity index (χ3n) is 2.90. The third-order valence-corrected chi connectivity index (χ3v) is 2.90. The lowest BCUT2D eigenvalue weighted by Crippen LogP contribution is -2.48. The molecule has 0 aromatic rings. The van der Waals surface area contributed by atoms with Crippen LogP contribution in [-0.2, 0) is 4.79 Å². The van der Waals surface area contributed by atoms with Crippen molar-refractivity contribution in [2.45, 2.75) is 25.4 Å². The highest BCUT2D eigenvalue weighted by atomic mass is 16.3. The van der Waals surface area contributed by atoms with Gasteiger partial charge in [0.25, 0.3) is 0 Å². The van der Waals surface area contributed by atoms with E-state index in [4.69, 9.17) is 0 Å². The minimum Gasteiger partial charge on any atom is -0.388 e. The fourth-order valence-corrected chi connectivity index (χ4v) is 2.25. The Morgan fingerprint density at radius 2 is 2.00 bits per heavy atom. The lowest BCUT2D eigenvalue weighted by Gasteiger charge is -2.27. The maximum Gasteiger partial charge on any atom is 0.236 e. The highest BCUT2D eigenvalue weighted by molar-refractivity contribution is 5.78. The molecule has 2 N–H and O–H groups in total. The molecule has 17 heavy (non-hydrogen) atoms. The van der Waals surface area contributed by atoms with Crippen molar-refractivity contribution in [1.29, 1.82) is 0 Å². The molecule has 5 heteroatoms. The zero-order valence-corrected chi connectivity index (χ0v) is 11.2. The molecule has 1 atom stereocenters. The molecule has 0 aromatic carbocycles. The van der Waals surface area contributed by atoms with Gasteiger partial charge in [0.05, 0.1) is 12.1 Å². The van der Waals surface area contributed by atoms with E-state index in [0.29, 0.717) is 19.6 Å². The Labute approximate surface area is 104 Å². The maximum absolute atomic E-state index is 11.7. The number of rotatable bonds is 6. The predicted molar refractivity (Wildman–Crippen MR) is 67.9 cm³/mol. The Bertz CT molecular complexity index is 248. The van der Waals surface area contributed by atoms with E-state index < -0.39 is 5.60 Å². The largest absolute Gasteiger partial charge is 0.388 e. The summed E-state index contributed by atoms with van der Waals surface area (Å²) in [6.45, 7) is 4.88. The summed E-state index contributed by atoms with van der Waals surface area (Å²) in [5.74, 6) is 0.142. The molecule has 5 nitrogen and oxygen atoms in total. The first-order valence-electron chi connectivity index (χ1n) is 6.26. The molecule has 1 unspecified atom stereocenters. The first-order chi connectivity index (χ1) is 7.91. The van der Waals surface area contributed by atoms with E-state index in [1.165, 1.54) is 0 Å². The van der Waals surface area contributed by atoms with Crippen LogP contribution < -0.4 is 5.32 Å². The zero-order valence-electron chi connectivity index (χ0n) is 11.2. The van der Waals surface area contributed by atoms with Gasteiger partial charge in [-0.15, -0.1) is 0 Å². The minimum absolute atomic E-state index is 0.142. The van der Waals surface area contributed by atoms with Gasteiger partial charge in [-0.05, 0) is 33.9 Å². The highest BCUT2D eigenvalue weighted by Crippen LogP contribution is 2.07. The quantitative estimate of drug-likeness (QED) is 0.661. The van der Waals surface area contributed by atoms with Crippen LogP contribution >= 0.6 is 0 Å². The lowest BCUT2D eigenvalue weighted by molar-refractivity contribution is -0.129. The number of nitrogens with zero attached hydrogens (tertiary/aromatic N) is 2. The van der Waals surface area contributed by atoms with Crippen LogP contribution in [0.1, 0.15) is 19.8 Å². The van der Waals surface area contributed by atoms with Gasteiger partial charge < -0.3 is 20.2 Å². The number of amides is 1. The van der Waals surface area contributed by atoms with Gasteiger partial charge >= 0.3 is 0 Å². The Kier molecular flexibility index (Phi) is 5.36. The Morgan fingerprint density at radius 3 is 2.53 bits per heavy atom. The SMILES string of the molecule is CN(C)CC(C)(O)CNCC(=O)N1CCCC1. The van der Waals surface area contributed by atoms with Crippen LogP contribution in [-0.4, -0.2) is 73.2 Å². The molecule has 100 valence electrons. The molecule has 0 aromatic heterocycles. The zero-order chi connectivity index (χ0) is 12.9. The summed E-state index contributed by atoms with van der Waals surface area (Å²) in [6, 6.07) is 0. The van der Waals surface area contributed by atoms with Crippen molar-refractivity contribution in [1.82, 2.24) is 15.1 Å². The van der Waals surface area contributed by atoms with Gasteiger partial charge in [0, 0.05) is 26.2 Å². The van der Waals surface area contributed by atoms with Crippen LogP contribution in [0, 0.1) is 0 Å². The molecule has 1 fully saturated rings. The van der Waals surface area contributed by atoms with Crippen molar-refractivity contribution >= 4 is 5.91 Å². The summed E-state index contributed by atoms with van der Waals surface area (Å²) in [5.41, 5.74) is -0.797. The van der Waals surface area contributed by atoms with Crippen molar-refractivity contribution in [3.05, 3.63) is 0 Å². The molecule has 0 saturated carbocycles. The van der Waals surface area contributed by atoms with Gasteiger partial charge in [-0.3, -0.25) is 4.79 Å². The summed E-state index contributed by atoms with van der Waals surface area (Å²) < 4.78 is 0. The standard InChI is InChI=1S/C12H25N3O2/c1-12(17,10-14(2)3)9-13-8-11(16)15-6-4-5-7-15/h13,17H,4-10H2,1-3H3. The first-order valence-corrected chi connectivity index (χ1v) is 6.26. The summed E-state index contributed by atoms with van der Waals surface area (Å²) in [5, 5.41) is 13.1. The Hall–Kier alpha value is -0.650. The van der Waals surface area contributed by atoms with Gasteiger partial charge in [0.2, 0.25) is 5.91 Å². The number of aliphatic hydroxyl groups is 1. The molecule has 1 amide bonds. The molecule has 0 bridgehead atoms. The maximum atomic E-state index is 11.7. The van der Waals surface area contributed by atoms with Crippen molar-refractivity contribution < 1.29 is 9.90 Å². The van der Waals surface area contributed by atoms with Crippen LogP contribution in [0.2, 0.25) is 0 Å². The van der Waals surface area contributed by atoms with Gasteiger partial charge in [-0.2, -0.15) is 0 Å². The summed E-state index contributed by atoms with van der Waals surface area (Å²) in [7, 11) is 3.84. The van der Waals surface area contributed by atoms with Crippen LogP contribution in [0.4, 0.5) is 0 Å². The summed E-state index contributed by atoms with van der Waals surface area (Å²) in [6.07, 6.45) is 2.23. The average Bonchev–Trinajstić information content (AvgIpc) is 2.67. The van der Waals surface area contributed by atoms with Crippen molar-refractivity contribution in [2.75, 3.05) is 46.8 Å². The van der Waals surface area contributed by atoms with E-state index in [2.05, 4.69) is 5.32 Å². The van der Waals surface area contributed by atoms with Crippen molar-refractivity contribution in [2.24, 2.45) is 0 Å². The van der Waals surface area contributed by atoms with E-state index in [1.54, 1.807) is 6.92 Å². The highest BCUT2D eigenvalue weighted by Gasteiger charge is 2.22. The summed E-state index contributed by atoms with van der Waals surface area (Å²) >= 11 is 0. The fourth-order valence-electron chi connectivity index (χ4n) is 2.25. The molecule has 0 spiro atoms. The van der Waals surface area contributed by atoms with Crippen LogP contribution in [0.3, 0.4) is 0 Å². The first kappa shape index (κ1) is 14.4. The van der Waals surface area contributed by atoms with E-state index in [1.807, 2.05) is 23.9 Å². The van der Waals surface area contributed by atoms with Crippen LogP contribution in [0.25, 0.3) is 0 Å². The fraction of sp³-hybridized carbons (Fsp3) is 0.917. The van der Waals surface area contributed by atoms with E-state index in [-0.39, 0.29) is 5.91 Å². The molecular weight excluding hydrogens is 218 g/mol. The van der Waals surface area contributed by atoms with Gasteiger partial charge in [-0.25, -0.2) is 0 Å². The number of likely N-dealkylation sites (tertiary alicyclic amines) is 1. The molecular formula is C12H25N3O2. The lowest BCUT2D eigenvalue weighted by atomic mass is 10.1. The number of carbonyl (C=O) groups is 1. The summed E-state index contributed by atoms with van der Waals surface area (Å²) in [4.78, 5) is 15.5. The van der Waals surface area contributed by atoms with Gasteiger partial charge in [-0.1, -0.05) is 0 Å². The molecule has 0 radical (unpaired) electrons. The Morgan fingerprint density at radius 1 is 1.41 bits per heavy atom. The second-order valence-corrected chi connectivity index (χ2v) is 5.43. The number of nitrogens with one attached hydrogen (secondary N) is 1. The van der Waals surface area contributed by atoms with E-state index in [0.717, 1.165) is 25.9 Å². The molecule has 1 aliphatic rings. The topological polar surface area (TPSA) is 55.8 Å². The third kappa shape index (κ3) is 5.48. The number of hydrogen-bond donors (Lipinski definition) is 2. The van der Waals surface area contributed by atoms with Gasteiger partial charge in [0.1, 0.15) is 0 Å². The second kappa shape index (κ2) is 6.33. The second-order valence-electron chi connectivity index (χ2n) is 5.43. The molecule has 1 rings (SSSR count). The van der Waals surface area contributed by atoms with Crippen LogP contribution in [0.5, 0.6) is 0 Å². The number of hydrogen-bond acceptors (Lipinski definition) is 4.